The molecule has 0 spiro atoms. The fourth-order valence-corrected chi connectivity index (χ4v) is 5.52. The molecule has 0 saturated heterocycles. The van der Waals surface area contributed by atoms with Crippen LogP contribution in [0.25, 0.3) is 0 Å². The molecule has 0 radical (unpaired) electrons. The summed E-state index contributed by atoms with van der Waals surface area (Å²) in [5.41, 5.74) is 22.3. The van der Waals surface area contributed by atoms with Crippen molar-refractivity contribution in [1.82, 2.24) is 26.6 Å². The molecule has 0 saturated carbocycles. The molecule has 5 amide bonds. The van der Waals surface area contributed by atoms with Crippen molar-refractivity contribution in [1.29, 1.82) is 0 Å². The highest BCUT2D eigenvalue weighted by molar-refractivity contribution is 5.96. The Morgan fingerprint density at radius 1 is 0.604 bits per heavy atom. The van der Waals surface area contributed by atoms with Crippen molar-refractivity contribution in [2.24, 2.45) is 51.6 Å². The predicted molar refractivity (Wildman–Crippen MR) is 206 cm³/mol. The molecule has 0 aliphatic heterocycles. The van der Waals surface area contributed by atoms with Crippen molar-refractivity contribution in [3.8, 4) is 0 Å². The first kappa shape index (κ1) is 49.0. The fraction of sp³-hybridized carbons (Fsp3) is 0.806. The van der Waals surface area contributed by atoms with Gasteiger partial charge in [-0.25, -0.2) is 4.79 Å². The number of carbonyl (C=O) groups is 6. The van der Waals surface area contributed by atoms with Crippen molar-refractivity contribution < 1.29 is 33.9 Å². The van der Waals surface area contributed by atoms with Gasteiger partial charge in [-0.2, -0.15) is 0 Å². The topological polar surface area (TPSA) is 299 Å². The van der Waals surface area contributed by atoms with Crippen molar-refractivity contribution in [3.05, 3.63) is 0 Å². The number of nitrogens with zero attached hydrogens (tertiary/aromatic N) is 1. The molecule has 14 N–H and O–H groups in total. The van der Waals surface area contributed by atoms with Gasteiger partial charge in [-0.3, -0.25) is 29.0 Å². The van der Waals surface area contributed by atoms with Gasteiger partial charge in [-0.15, -0.1) is 0 Å². The van der Waals surface area contributed by atoms with Crippen LogP contribution >= 0.6 is 0 Å². The summed E-state index contributed by atoms with van der Waals surface area (Å²) >= 11 is 0. The number of unbranched alkanes of at least 4 members (excludes halogenated alkanes) is 1. The second-order valence-corrected chi connectivity index (χ2v) is 14.9. The van der Waals surface area contributed by atoms with Crippen LogP contribution in [0.5, 0.6) is 0 Å². The van der Waals surface area contributed by atoms with E-state index in [1.807, 2.05) is 41.5 Å². The molecule has 0 aromatic heterocycles. The van der Waals surface area contributed by atoms with Gasteiger partial charge in [0.25, 0.3) is 0 Å². The average molecular weight is 755 g/mol. The molecular weight excluding hydrogens is 684 g/mol. The van der Waals surface area contributed by atoms with Crippen LogP contribution in [-0.2, 0) is 28.8 Å². The molecule has 17 nitrogen and oxygen atoms in total. The lowest BCUT2D eigenvalue weighted by molar-refractivity contribution is -0.142. The van der Waals surface area contributed by atoms with Gasteiger partial charge in [0.15, 0.2) is 5.96 Å². The molecular formula is C36H70N10O7. The summed E-state index contributed by atoms with van der Waals surface area (Å²) in [6.07, 6.45) is 3.52. The third-order valence-electron chi connectivity index (χ3n) is 9.13. The van der Waals surface area contributed by atoms with E-state index < -0.39 is 71.8 Å². The van der Waals surface area contributed by atoms with Gasteiger partial charge < -0.3 is 54.6 Å². The molecule has 0 bridgehead atoms. The van der Waals surface area contributed by atoms with E-state index in [0.717, 1.165) is 0 Å². The largest absolute Gasteiger partial charge is 0.480 e. The van der Waals surface area contributed by atoms with Crippen LogP contribution in [0.2, 0.25) is 0 Å². The van der Waals surface area contributed by atoms with Gasteiger partial charge in [-0.1, -0.05) is 68.2 Å². The Balaban J connectivity index is 6.11. The summed E-state index contributed by atoms with van der Waals surface area (Å²) in [7, 11) is 0. The minimum absolute atomic E-state index is 0.0352. The zero-order valence-electron chi connectivity index (χ0n) is 33.2. The lowest BCUT2D eigenvalue weighted by Gasteiger charge is -2.31. The second kappa shape index (κ2) is 25.9. The number of hydrogen-bond acceptors (Lipinski definition) is 9. The van der Waals surface area contributed by atoms with Crippen molar-refractivity contribution >= 4 is 41.5 Å². The molecule has 0 aromatic rings. The maximum atomic E-state index is 13.9. The van der Waals surface area contributed by atoms with Crippen LogP contribution in [0.4, 0.5) is 0 Å². The van der Waals surface area contributed by atoms with E-state index in [2.05, 4.69) is 31.6 Å². The van der Waals surface area contributed by atoms with E-state index in [-0.39, 0.29) is 55.3 Å². The minimum atomic E-state index is -1.19. The number of guanidine groups is 1. The molecule has 0 aliphatic carbocycles. The molecule has 0 aliphatic rings. The lowest BCUT2D eigenvalue weighted by Crippen LogP contribution is -2.61. The molecule has 0 fully saturated rings. The van der Waals surface area contributed by atoms with E-state index in [9.17, 15) is 33.9 Å². The number of nitrogens with two attached hydrogens (primary N) is 4. The first-order valence-corrected chi connectivity index (χ1v) is 19.0. The number of hydrogen-bond donors (Lipinski definition) is 10. The third-order valence-corrected chi connectivity index (χ3v) is 9.13. The second-order valence-electron chi connectivity index (χ2n) is 14.9. The third kappa shape index (κ3) is 19.6. The highest BCUT2D eigenvalue weighted by atomic mass is 16.4. The van der Waals surface area contributed by atoms with E-state index in [1.54, 1.807) is 13.8 Å². The standard InChI is InChI=1S/C36H70N10O7/c1-9-22(7)28(45-30(47)24(38)14-13-17-41-36(39)40)33(50)44-27(19-21(5)6)32(49)46-29(23(8)10-2)34(51)43-26(18-20(3)4)31(48)42-25(35(52)53)15-11-12-16-37/h20-29H,9-19,37-38H2,1-8H3,(H,42,48)(H,43,51)(H,44,50)(H,45,47)(H,46,49)(H,52,53)(H4,39,40,41)/t22-,23-,24-,25-,26-,27-,28-,29-/m0/s1. The van der Waals surface area contributed by atoms with Crippen LogP contribution in [0.3, 0.4) is 0 Å². The number of amides is 5. The summed E-state index contributed by atoms with van der Waals surface area (Å²) in [4.78, 5) is 83.5. The summed E-state index contributed by atoms with van der Waals surface area (Å²) < 4.78 is 0. The smallest absolute Gasteiger partial charge is 0.326 e. The molecule has 0 rings (SSSR count). The summed E-state index contributed by atoms with van der Waals surface area (Å²) in [6.45, 7) is 15.5. The monoisotopic (exact) mass is 755 g/mol. The highest BCUT2D eigenvalue weighted by Crippen LogP contribution is 2.15. The number of carboxylic acids is 1. The first-order chi connectivity index (χ1) is 24.8. The molecule has 0 aromatic carbocycles. The van der Waals surface area contributed by atoms with Crippen molar-refractivity contribution in [3.63, 3.8) is 0 Å². The predicted octanol–water partition coefficient (Wildman–Crippen LogP) is 0.189. The van der Waals surface area contributed by atoms with Crippen molar-refractivity contribution in [2.75, 3.05) is 13.1 Å². The van der Waals surface area contributed by atoms with E-state index >= 15 is 0 Å². The Morgan fingerprint density at radius 3 is 1.43 bits per heavy atom. The van der Waals surface area contributed by atoms with Gasteiger partial charge >= 0.3 is 5.97 Å². The Bertz CT molecular complexity index is 1200. The molecule has 0 unspecified atom stereocenters. The van der Waals surface area contributed by atoms with Crippen LogP contribution in [0.1, 0.15) is 113 Å². The zero-order valence-corrected chi connectivity index (χ0v) is 33.2. The van der Waals surface area contributed by atoms with E-state index in [4.69, 9.17) is 22.9 Å². The summed E-state index contributed by atoms with van der Waals surface area (Å²) in [5.74, 6) is -4.96. The quantitative estimate of drug-likeness (QED) is 0.0307. The summed E-state index contributed by atoms with van der Waals surface area (Å²) in [5, 5.41) is 23.3. The molecule has 53 heavy (non-hydrogen) atoms. The van der Waals surface area contributed by atoms with Crippen LogP contribution in [-0.4, -0.2) is 95.9 Å². The van der Waals surface area contributed by atoms with Gasteiger partial charge in [0.2, 0.25) is 29.5 Å². The Hall–Kier alpha value is -3.99. The Kier molecular flexibility index (Phi) is 23.9. The van der Waals surface area contributed by atoms with Gasteiger partial charge in [-0.05, 0) is 75.2 Å². The number of rotatable bonds is 27. The molecule has 0 heterocycles. The maximum absolute atomic E-state index is 13.9. The van der Waals surface area contributed by atoms with E-state index in [1.165, 1.54) is 0 Å². The fourth-order valence-electron chi connectivity index (χ4n) is 5.52. The number of carbonyl (C=O) groups excluding carboxylic acids is 5. The van der Waals surface area contributed by atoms with Crippen molar-refractivity contribution in [2.45, 2.75) is 149 Å². The van der Waals surface area contributed by atoms with E-state index in [0.29, 0.717) is 45.2 Å². The SMILES string of the molecule is CC[C@H](C)[C@H](NC(=O)[C@H](CC(C)C)NC(=O)[C@@H](NC(=O)[C@@H](N)CCCN=C(N)N)[C@@H](C)CC)C(=O)N[C@@H](CC(C)C)C(=O)N[C@@H](CCCCN)C(=O)O. The Labute approximate surface area is 315 Å². The van der Waals surface area contributed by atoms with Crippen LogP contribution in [0, 0.1) is 23.7 Å². The summed E-state index contributed by atoms with van der Waals surface area (Å²) in [6, 6.07) is -6.26. The number of nitrogens with one attached hydrogen (secondary N) is 5. The number of carboxylic acid groups (broad SMARTS) is 1. The molecule has 306 valence electrons. The van der Waals surface area contributed by atoms with Gasteiger partial charge in [0.1, 0.15) is 30.2 Å². The van der Waals surface area contributed by atoms with Gasteiger partial charge in [0.05, 0.1) is 6.04 Å². The van der Waals surface area contributed by atoms with Crippen LogP contribution in [0.15, 0.2) is 4.99 Å². The maximum Gasteiger partial charge on any atom is 0.326 e. The first-order valence-electron chi connectivity index (χ1n) is 19.0. The zero-order chi connectivity index (χ0) is 40.8. The highest BCUT2D eigenvalue weighted by Gasteiger charge is 2.35. The molecule has 8 atom stereocenters. The lowest BCUT2D eigenvalue weighted by atomic mass is 9.94. The molecule has 17 heteroatoms. The average Bonchev–Trinajstić information content (AvgIpc) is 3.08. The minimum Gasteiger partial charge on any atom is -0.480 e. The van der Waals surface area contributed by atoms with Gasteiger partial charge in [0, 0.05) is 6.54 Å². The number of aliphatic imine (C=N–C) groups is 1. The van der Waals surface area contributed by atoms with Crippen LogP contribution < -0.4 is 49.5 Å². The number of aliphatic carboxylic acids is 1. The normalized spacial score (nSPS) is 15.8. The Morgan fingerprint density at radius 2 is 1.04 bits per heavy atom.